The van der Waals surface area contributed by atoms with E-state index in [0.717, 1.165) is 11.1 Å². The molecule has 0 unspecified atom stereocenters. The van der Waals surface area contributed by atoms with Gasteiger partial charge in [-0.15, -0.1) is 11.3 Å². The lowest BCUT2D eigenvalue weighted by Gasteiger charge is -2.04. The van der Waals surface area contributed by atoms with Gasteiger partial charge in [0, 0.05) is 11.1 Å². The second kappa shape index (κ2) is 7.47. The highest BCUT2D eigenvalue weighted by atomic mass is 32.1. The Bertz CT molecular complexity index is 1190. The first-order valence-electron chi connectivity index (χ1n) is 8.44. The maximum absolute atomic E-state index is 12.5. The van der Waals surface area contributed by atoms with Crippen molar-refractivity contribution in [2.24, 2.45) is 0 Å². The molecule has 4 aromatic rings. The van der Waals surface area contributed by atoms with Crippen molar-refractivity contribution in [3.8, 4) is 28.2 Å². The normalized spacial score (nSPS) is 10.4. The number of aryl methyl sites for hydroxylation is 1. The van der Waals surface area contributed by atoms with Gasteiger partial charge in [-0.2, -0.15) is 10.2 Å². The van der Waals surface area contributed by atoms with E-state index in [1.54, 1.807) is 30.3 Å². The number of nitrogens with zero attached hydrogens (tertiary/aromatic N) is 3. The number of amides is 1. The Balaban J connectivity index is 1.58. The van der Waals surface area contributed by atoms with Gasteiger partial charge < -0.3 is 9.84 Å². The topological polar surface area (TPSA) is 91.8 Å². The average molecular weight is 386 g/mol. The summed E-state index contributed by atoms with van der Waals surface area (Å²) in [6, 6.07) is 18.1. The Kier molecular flexibility index (Phi) is 4.70. The SMILES string of the molecule is Cc1cccc(-c2noc(-c3sccc3NC(=O)c3ccc(C#N)cc3)n2)c1. The summed E-state index contributed by atoms with van der Waals surface area (Å²) in [5.41, 5.74) is 3.54. The summed E-state index contributed by atoms with van der Waals surface area (Å²) in [6.45, 7) is 2.00. The highest BCUT2D eigenvalue weighted by molar-refractivity contribution is 7.14. The molecule has 1 N–H and O–H groups in total. The van der Waals surface area contributed by atoms with E-state index >= 15 is 0 Å². The molecule has 0 bridgehead atoms. The summed E-state index contributed by atoms with van der Waals surface area (Å²) in [7, 11) is 0. The summed E-state index contributed by atoms with van der Waals surface area (Å²) >= 11 is 1.40. The van der Waals surface area contributed by atoms with Gasteiger partial charge in [0.25, 0.3) is 11.8 Å². The Morgan fingerprint density at radius 3 is 2.75 bits per heavy atom. The fraction of sp³-hybridized carbons (Fsp3) is 0.0476. The van der Waals surface area contributed by atoms with Crippen LogP contribution in [0.2, 0.25) is 0 Å². The molecule has 4 rings (SSSR count). The van der Waals surface area contributed by atoms with Gasteiger partial charge in [-0.1, -0.05) is 28.9 Å². The molecule has 0 spiro atoms. The minimum absolute atomic E-state index is 0.275. The predicted molar refractivity (Wildman–Crippen MR) is 107 cm³/mol. The molecule has 0 saturated carbocycles. The van der Waals surface area contributed by atoms with Crippen LogP contribution in [0, 0.1) is 18.3 Å². The molecule has 0 aliphatic heterocycles. The van der Waals surface area contributed by atoms with Crippen molar-refractivity contribution >= 4 is 22.9 Å². The lowest BCUT2D eigenvalue weighted by molar-refractivity contribution is 0.102. The van der Waals surface area contributed by atoms with Gasteiger partial charge in [0.15, 0.2) is 0 Å². The van der Waals surface area contributed by atoms with E-state index in [4.69, 9.17) is 9.78 Å². The molecule has 0 atom stereocenters. The predicted octanol–water partition coefficient (Wildman–Crippen LogP) is 4.90. The summed E-state index contributed by atoms with van der Waals surface area (Å²) in [5.74, 6) is 0.570. The van der Waals surface area contributed by atoms with E-state index in [1.165, 1.54) is 11.3 Å². The standard InChI is InChI=1S/C21H14N4O2S/c1-13-3-2-4-16(11-13)19-24-21(27-25-19)18-17(9-10-28-18)23-20(26)15-7-5-14(12-22)6-8-15/h2-11H,1H3,(H,23,26). The van der Waals surface area contributed by atoms with Gasteiger partial charge in [0.1, 0.15) is 4.88 Å². The molecule has 1 amide bonds. The van der Waals surface area contributed by atoms with E-state index in [-0.39, 0.29) is 5.91 Å². The largest absolute Gasteiger partial charge is 0.333 e. The van der Waals surface area contributed by atoms with Crippen molar-refractivity contribution in [2.45, 2.75) is 6.92 Å². The molecule has 2 aromatic heterocycles. The second-order valence-corrected chi connectivity index (χ2v) is 7.02. The van der Waals surface area contributed by atoms with Crippen LogP contribution in [0.25, 0.3) is 22.2 Å². The number of rotatable bonds is 4. The maximum Gasteiger partial charge on any atom is 0.270 e. The lowest BCUT2D eigenvalue weighted by atomic mass is 10.1. The number of nitriles is 1. The Hall–Kier alpha value is -3.76. The van der Waals surface area contributed by atoms with Gasteiger partial charge in [-0.05, 0) is 48.7 Å². The van der Waals surface area contributed by atoms with E-state index < -0.39 is 0 Å². The van der Waals surface area contributed by atoms with E-state index in [1.807, 2.05) is 42.6 Å². The van der Waals surface area contributed by atoms with Crippen LogP contribution in [0.1, 0.15) is 21.5 Å². The highest BCUT2D eigenvalue weighted by Gasteiger charge is 2.18. The molecule has 2 heterocycles. The fourth-order valence-corrected chi connectivity index (χ4v) is 3.45. The molecule has 0 saturated heterocycles. The van der Waals surface area contributed by atoms with Crippen molar-refractivity contribution in [3.05, 3.63) is 76.7 Å². The minimum atomic E-state index is -0.275. The third kappa shape index (κ3) is 3.54. The number of anilines is 1. The van der Waals surface area contributed by atoms with Gasteiger partial charge in [-0.25, -0.2) is 0 Å². The van der Waals surface area contributed by atoms with E-state index in [0.29, 0.717) is 33.4 Å². The van der Waals surface area contributed by atoms with Crippen molar-refractivity contribution in [1.82, 2.24) is 10.1 Å². The number of benzene rings is 2. The average Bonchev–Trinajstić information content (AvgIpc) is 3.37. The molecule has 2 aromatic carbocycles. The number of aromatic nitrogens is 2. The molecule has 0 aliphatic rings. The Morgan fingerprint density at radius 2 is 2.00 bits per heavy atom. The molecular weight excluding hydrogens is 372 g/mol. The molecule has 0 fully saturated rings. The van der Waals surface area contributed by atoms with Crippen LogP contribution >= 0.6 is 11.3 Å². The minimum Gasteiger partial charge on any atom is -0.333 e. The van der Waals surface area contributed by atoms with E-state index in [2.05, 4.69) is 15.5 Å². The third-order valence-electron chi connectivity index (χ3n) is 4.09. The van der Waals surface area contributed by atoms with Crippen LogP contribution in [0.15, 0.2) is 64.5 Å². The van der Waals surface area contributed by atoms with Crippen molar-refractivity contribution < 1.29 is 9.32 Å². The molecule has 28 heavy (non-hydrogen) atoms. The number of thiophene rings is 1. The van der Waals surface area contributed by atoms with Crippen LogP contribution in [-0.4, -0.2) is 16.0 Å². The number of carbonyl (C=O) groups excluding carboxylic acids is 1. The number of nitrogens with one attached hydrogen (secondary N) is 1. The summed E-state index contributed by atoms with van der Waals surface area (Å²) in [5, 5.41) is 17.6. The van der Waals surface area contributed by atoms with Crippen LogP contribution in [-0.2, 0) is 0 Å². The van der Waals surface area contributed by atoms with Crippen LogP contribution in [0.4, 0.5) is 5.69 Å². The fourth-order valence-electron chi connectivity index (χ4n) is 2.68. The highest BCUT2D eigenvalue weighted by Crippen LogP contribution is 2.34. The summed E-state index contributed by atoms with van der Waals surface area (Å²) < 4.78 is 5.42. The summed E-state index contributed by atoms with van der Waals surface area (Å²) in [6.07, 6.45) is 0. The van der Waals surface area contributed by atoms with Gasteiger partial charge in [0.2, 0.25) is 5.82 Å². The monoisotopic (exact) mass is 386 g/mol. The lowest BCUT2D eigenvalue weighted by Crippen LogP contribution is -2.11. The third-order valence-corrected chi connectivity index (χ3v) is 4.99. The number of hydrogen-bond donors (Lipinski definition) is 1. The molecular formula is C21H14N4O2S. The first-order valence-corrected chi connectivity index (χ1v) is 9.32. The first-order chi connectivity index (χ1) is 13.6. The molecule has 0 radical (unpaired) electrons. The maximum atomic E-state index is 12.5. The van der Waals surface area contributed by atoms with Crippen LogP contribution in [0.5, 0.6) is 0 Å². The van der Waals surface area contributed by atoms with E-state index in [9.17, 15) is 4.79 Å². The molecule has 0 aliphatic carbocycles. The van der Waals surface area contributed by atoms with Gasteiger partial charge in [-0.3, -0.25) is 4.79 Å². The molecule has 136 valence electrons. The molecule has 7 heteroatoms. The van der Waals surface area contributed by atoms with Crippen molar-refractivity contribution in [3.63, 3.8) is 0 Å². The zero-order valence-corrected chi connectivity index (χ0v) is 15.7. The van der Waals surface area contributed by atoms with Crippen LogP contribution < -0.4 is 5.32 Å². The summed E-state index contributed by atoms with van der Waals surface area (Å²) in [4.78, 5) is 17.7. The van der Waals surface area contributed by atoms with Gasteiger partial charge in [0.05, 0.1) is 17.3 Å². The quantitative estimate of drug-likeness (QED) is 0.539. The number of carbonyl (C=O) groups is 1. The van der Waals surface area contributed by atoms with Crippen molar-refractivity contribution in [2.75, 3.05) is 5.32 Å². The zero-order valence-electron chi connectivity index (χ0n) is 14.8. The molecule has 6 nitrogen and oxygen atoms in total. The van der Waals surface area contributed by atoms with Crippen molar-refractivity contribution in [1.29, 1.82) is 5.26 Å². The Labute approximate surface area is 165 Å². The van der Waals surface area contributed by atoms with Crippen LogP contribution in [0.3, 0.4) is 0 Å². The second-order valence-electron chi connectivity index (χ2n) is 6.10. The smallest absolute Gasteiger partial charge is 0.270 e. The zero-order chi connectivity index (χ0) is 19.5. The number of hydrogen-bond acceptors (Lipinski definition) is 6. The Morgan fingerprint density at radius 1 is 1.18 bits per heavy atom. The first kappa shape index (κ1) is 17.6. The van der Waals surface area contributed by atoms with Gasteiger partial charge >= 0.3 is 0 Å².